The number of aromatic amines is 2. The summed E-state index contributed by atoms with van der Waals surface area (Å²) in [6.07, 6.45) is -0.285. The highest BCUT2D eigenvalue weighted by atomic mass is 16.5. The van der Waals surface area contributed by atoms with Crippen molar-refractivity contribution in [3.63, 3.8) is 0 Å². The van der Waals surface area contributed by atoms with Gasteiger partial charge in [0.15, 0.2) is 0 Å². The molecule has 4 N–H and O–H groups in total. The largest absolute Gasteiger partial charge is 0.466 e. The van der Waals surface area contributed by atoms with Crippen LogP contribution in [0.15, 0.2) is 27.8 Å². The molecule has 154 valence electrons. The summed E-state index contributed by atoms with van der Waals surface area (Å²) in [5.41, 5.74) is 7.40. The number of imidazole rings is 1. The lowest BCUT2D eigenvalue weighted by Crippen LogP contribution is -2.22. The second-order valence-corrected chi connectivity index (χ2v) is 6.82. The number of rotatable bonds is 7. The number of aryl methyl sites for hydroxylation is 2. The van der Waals surface area contributed by atoms with Crippen molar-refractivity contribution in [2.75, 3.05) is 6.61 Å². The first-order valence-corrected chi connectivity index (χ1v) is 9.13. The molecule has 2 aromatic heterocycles. The van der Waals surface area contributed by atoms with Gasteiger partial charge in [0.25, 0.3) is 5.56 Å². The van der Waals surface area contributed by atoms with Gasteiger partial charge in [-0.05, 0) is 24.6 Å². The summed E-state index contributed by atoms with van der Waals surface area (Å²) in [5, 5.41) is 5.17. The lowest BCUT2D eigenvalue weighted by molar-refractivity contribution is -0.142. The third-order valence-electron chi connectivity index (χ3n) is 4.98. The normalized spacial score (nSPS) is 12.2. The summed E-state index contributed by atoms with van der Waals surface area (Å²) < 4.78 is 7.96. The number of carbonyl (C=O) groups excluding carboxylic acids is 2. The van der Waals surface area contributed by atoms with E-state index in [2.05, 4.69) is 10.2 Å². The van der Waals surface area contributed by atoms with Crippen LogP contribution in [0.3, 0.4) is 0 Å². The van der Waals surface area contributed by atoms with E-state index >= 15 is 0 Å². The Morgan fingerprint density at radius 3 is 2.48 bits per heavy atom. The lowest BCUT2D eigenvalue weighted by Gasteiger charge is -2.16. The molecule has 1 aromatic carbocycles. The molecule has 0 unspecified atom stereocenters. The summed E-state index contributed by atoms with van der Waals surface area (Å²) in [6.45, 7) is 1.90. The zero-order valence-corrected chi connectivity index (χ0v) is 16.4. The summed E-state index contributed by atoms with van der Waals surface area (Å²) in [7, 11) is 3.31. The summed E-state index contributed by atoms with van der Waals surface area (Å²) >= 11 is 0. The Labute approximate surface area is 165 Å². The number of hydrogen-bond donors (Lipinski definition) is 3. The van der Waals surface area contributed by atoms with Gasteiger partial charge in [0.1, 0.15) is 0 Å². The highest BCUT2D eigenvalue weighted by molar-refractivity contribution is 5.79. The number of nitrogens with one attached hydrogen (secondary N) is 2. The van der Waals surface area contributed by atoms with Gasteiger partial charge in [0, 0.05) is 32.0 Å². The molecule has 0 saturated heterocycles. The third kappa shape index (κ3) is 3.73. The fourth-order valence-electron chi connectivity index (χ4n) is 3.60. The van der Waals surface area contributed by atoms with Crippen LogP contribution in [-0.2, 0) is 34.8 Å². The topological polar surface area (TPSA) is 145 Å². The molecule has 0 aliphatic heterocycles. The second kappa shape index (κ2) is 7.82. The van der Waals surface area contributed by atoms with E-state index in [4.69, 9.17) is 10.5 Å². The Morgan fingerprint density at radius 1 is 1.14 bits per heavy atom. The number of ether oxygens (including phenoxy) is 1. The van der Waals surface area contributed by atoms with Crippen molar-refractivity contribution in [3.8, 4) is 0 Å². The summed E-state index contributed by atoms with van der Waals surface area (Å²) in [4.78, 5) is 48.4. The average Bonchev–Trinajstić information content (AvgIpc) is 3.12. The quantitative estimate of drug-likeness (QED) is 0.477. The Kier molecular flexibility index (Phi) is 5.44. The van der Waals surface area contributed by atoms with Crippen LogP contribution in [0.25, 0.3) is 11.0 Å². The molecule has 0 spiro atoms. The third-order valence-corrected chi connectivity index (χ3v) is 4.98. The van der Waals surface area contributed by atoms with Gasteiger partial charge in [-0.1, -0.05) is 6.07 Å². The number of benzene rings is 1. The van der Waals surface area contributed by atoms with Crippen LogP contribution in [0.1, 0.15) is 36.1 Å². The van der Waals surface area contributed by atoms with Gasteiger partial charge in [0.05, 0.1) is 29.8 Å². The van der Waals surface area contributed by atoms with Gasteiger partial charge in [-0.25, -0.2) is 4.79 Å². The molecule has 0 aliphatic rings. The molecule has 29 heavy (non-hydrogen) atoms. The van der Waals surface area contributed by atoms with Gasteiger partial charge in [0.2, 0.25) is 5.91 Å². The number of H-pyrrole nitrogens is 2. The number of carbonyl (C=O) groups is 2. The number of esters is 1. The molecule has 0 radical (unpaired) electrons. The van der Waals surface area contributed by atoms with E-state index < -0.39 is 23.4 Å². The first-order chi connectivity index (χ1) is 13.7. The van der Waals surface area contributed by atoms with E-state index in [1.807, 2.05) is 0 Å². The second-order valence-electron chi connectivity index (χ2n) is 6.82. The molecule has 3 aromatic rings. The van der Waals surface area contributed by atoms with Crippen molar-refractivity contribution in [2.24, 2.45) is 19.8 Å². The van der Waals surface area contributed by atoms with Crippen LogP contribution in [0.2, 0.25) is 0 Å². The molecule has 0 bridgehead atoms. The maximum absolute atomic E-state index is 12.5. The van der Waals surface area contributed by atoms with Gasteiger partial charge >= 0.3 is 11.7 Å². The number of primary amides is 1. The van der Waals surface area contributed by atoms with E-state index in [1.165, 1.54) is 9.13 Å². The van der Waals surface area contributed by atoms with Gasteiger partial charge in [-0.2, -0.15) is 0 Å². The number of amides is 1. The fraction of sp³-hybridized carbons (Fsp3) is 0.368. The smallest absolute Gasteiger partial charge is 0.328 e. The van der Waals surface area contributed by atoms with Crippen molar-refractivity contribution in [1.82, 2.24) is 19.3 Å². The van der Waals surface area contributed by atoms with Crippen molar-refractivity contribution < 1.29 is 14.3 Å². The lowest BCUT2D eigenvalue weighted by atomic mass is 9.87. The molecule has 0 fully saturated rings. The van der Waals surface area contributed by atoms with E-state index in [1.54, 1.807) is 39.2 Å². The molecular formula is C19H23N5O5. The number of aromatic nitrogens is 4. The predicted molar refractivity (Wildman–Crippen MR) is 106 cm³/mol. The van der Waals surface area contributed by atoms with Crippen LogP contribution in [-0.4, -0.2) is 37.8 Å². The molecule has 0 aliphatic carbocycles. The van der Waals surface area contributed by atoms with Gasteiger partial charge in [-0.3, -0.25) is 28.6 Å². The number of nitrogens with zero attached hydrogens (tertiary/aromatic N) is 2. The fourth-order valence-corrected chi connectivity index (χ4v) is 3.60. The maximum atomic E-state index is 12.5. The Balaban J connectivity index is 2.14. The number of fused-ring (bicyclic) bond motifs is 1. The molecule has 0 saturated carbocycles. The highest BCUT2D eigenvalue weighted by Crippen LogP contribution is 2.30. The van der Waals surface area contributed by atoms with Crippen LogP contribution in [0.4, 0.5) is 0 Å². The first-order valence-electron chi connectivity index (χ1n) is 9.13. The van der Waals surface area contributed by atoms with Crippen molar-refractivity contribution >= 4 is 22.9 Å². The molecular weight excluding hydrogens is 378 g/mol. The monoisotopic (exact) mass is 401 g/mol. The Morgan fingerprint density at radius 2 is 1.83 bits per heavy atom. The zero-order chi connectivity index (χ0) is 21.3. The Bertz CT molecular complexity index is 1200. The molecule has 10 nitrogen and oxygen atoms in total. The van der Waals surface area contributed by atoms with Crippen LogP contribution >= 0.6 is 0 Å². The maximum Gasteiger partial charge on any atom is 0.328 e. The van der Waals surface area contributed by atoms with Crippen LogP contribution in [0, 0.1) is 0 Å². The van der Waals surface area contributed by atoms with E-state index in [-0.39, 0.29) is 30.7 Å². The first kappa shape index (κ1) is 20.2. The molecule has 1 atom stereocenters. The number of nitrogens with two attached hydrogens (primary N) is 1. The van der Waals surface area contributed by atoms with E-state index in [9.17, 15) is 19.2 Å². The molecule has 10 heteroatoms. The van der Waals surface area contributed by atoms with Crippen molar-refractivity contribution in [2.45, 2.75) is 25.7 Å². The van der Waals surface area contributed by atoms with E-state index in [0.717, 1.165) is 0 Å². The van der Waals surface area contributed by atoms with Crippen LogP contribution in [0.5, 0.6) is 0 Å². The molecule has 1 amide bonds. The molecule has 2 heterocycles. The van der Waals surface area contributed by atoms with Crippen molar-refractivity contribution in [1.29, 1.82) is 0 Å². The highest BCUT2D eigenvalue weighted by Gasteiger charge is 2.26. The minimum atomic E-state index is -0.688. The van der Waals surface area contributed by atoms with E-state index in [0.29, 0.717) is 22.3 Å². The molecule has 3 rings (SSSR count). The minimum Gasteiger partial charge on any atom is -0.466 e. The van der Waals surface area contributed by atoms with Crippen molar-refractivity contribution in [3.05, 3.63) is 55.9 Å². The zero-order valence-electron chi connectivity index (χ0n) is 16.4. The number of hydrogen-bond acceptors (Lipinski definition) is 5. The summed E-state index contributed by atoms with van der Waals surface area (Å²) in [6, 6.07) is 5.26. The minimum absolute atomic E-state index is 0.136. The average molecular weight is 401 g/mol. The SMILES string of the molecule is CCOC(=O)Cc1[nH][nH]c(=O)c1[C@@H](CC(N)=O)c1ccc2c(c1)n(C)c(=O)n2C. The van der Waals surface area contributed by atoms with Gasteiger partial charge < -0.3 is 15.6 Å². The Hall–Kier alpha value is -3.56. The summed E-state index contributed by atoms with van der Waals surface area (Å²) in [5.74, 6) is -1.78. The standard InChI is InChI=1S/C19H23N5O5/c1-4-29-16(26)9-12-17(18(27)22-21-12)11(8-15(20)25)10-5-6-13-14(7-10)24(3)19(28)23(13)2/h5-7,11H,4,8-9H2,1-3H3,(H2,20,25)(H2,21,22,27)/t11-/m0/s1. The predicted octanol–water partition coefficient (Wildman–Crippen LogP) is 0.00630. The van der Waals surface area contributed by atoms with Gasteiger partial charge in [-0.15, -0.1) is 0 Å². The van der Waals surface area contributed by atoms with Crippen LogP contribution < -0.4 is 17.0 Å².